The molecule has 0 saturated carbocycles. The van der Waals surface area contributed by atoms with Gasteiger partial charge >= 0.3 is 16.1 Å². The van der Waals surface area contributed by atoms with Crippen LogP contribution in [0.5, 0.6) is 11.5 Å². The van der Waals surface area contributed by atoms with E-state index in [4.69, 9.17) is 15.2 Å². The molecule has 1 amide bonds. The van der Waals surface area contributed by atoms with Gasteiger partial charge < -0.3 is 34.9 Å². The second kappa shape index (κ2) is 13.3. The molecule has 218 valence electrons. The van der Waals surface area contributed by atoms with Crippen molar-refractivity contribution in [1.29, 1.82) is 0 Å². The molecule has 0 radical (unpaired) electrons. The summed E-state index contributed by atoms with van der Waals surface area (Å²) in [6.07, 6.45) is 3.37. The van der Waals surface area contributed by atoms with Gasteiger partial charge in [-0.2, -0.15) is 8.42 Å². The van der Waals surface area contributed by atoms with Crippen LogP contribution in [0, 0.1) is 0 Å². The Morgan fingerprint density at radius 3 is 2.37 bits per heavy atom. The Morgan fingerprint density at radius 2 is 1.73 bits per heavy atom. The Balaban J connectivity index is 1.30. The molecule has 1 unspecified atom stereocenters. The predicted octanol–water partition coefficient (Wildman–Crippen LogP) is 1.91. The maximum absolute atomic E-state index is 12.8. The minimum atomic E-state index is -4.36. The number of piperidine rings is 1. The molecule has 1 saturated heterocycles. The van der Waals surface area contributed by atoms with Crippen molar-refractivity contribution in [2.24, 2.45) is 5.73 Å². The Hall–Kier alpha value is -4.43. The monoisotopic (exact) mass is 584 g/mol. The number of carbonyl (C=O) groups excluding carboxylic acids is 2. The molecule has 2 aromatic carbocycles. The van der Waals surface area contributed by atoms with E-state index in [9.17, 15) is 18.0 Å². The average molecular weight is 585 g/mol. The van der Waals surface area contributed by atoms with Gasteiger partial charge in [-0.25, -0.2) is 9.97 Å². The Labute approximate surface area is 238 Å². The number of hydrogen-bond donors (Lipinski definition) is 3. The van der Waals surface area contributed by atoms with Gasteiger partial charge in [0.1, 0.15) is 16.4 Å². The normalized spacial score (nSPS) is 14.6. The molecule has 0 aliphatic carbocycles. The lowest BCUT2D eigenvalue weighted by Crippen LogP contribution is -2.43. The fourth-order valence-corrected chi connectivity index (χ4v) is 5.21. The van der Waals surface area contributed by atoms with Crippen molar-refractivity contribution in [3.63, 3.8) is 0 Å². The highest BCUT2D eigenvalue weighted by molar-refractivity contribution is 7.87. The molecular weight excluding hydrogens is 552 g/mol. The topological polar surface area (TPSA) is 175 Å². The first-order valence-electron chi connectivity index (χ1n) is 12.8. The van der Waals surface area contributed by atoms with Crippen LogP contribution in [0.2, 0.25) is 0 Å². The molecule has 4 N–H and O–H groups in total. The van der Waals surface area contributed by atoms with Gasteiger partial charge in [0, 0.05) is 37.1 Å². The van der Waals surface area contributed by atoms with Gasteiger partial charge in [-0.1, -0.05) is 0 Å². The SMILES string of the molecule is COc1ccc(S(=O)(=O)OC(=O)CC(N)NC(=O)c2ccc(N3CCC(Nc4ncccn4)CC3)c(OC)c2)cc1. The number of methoxy groups -OCH3 is 2. The second-order valence-corrected chi connectivity index (χ2v) is 10.8. The number of nitrogens with one attached hydrogen (secondary N) is 2. The summed E-state index contributed by atoms with van der Waals surface area (Å²) in [6, 6.07) is 12.4. The van der Waals surface area contributed by atoms with Crippen molar-refractivity contribution in [2.45, 2.75) is 36.4 Å². The van der Waals surface area contributed by atoms with Gasteiger partial charge in [0.05, 0.1) is 32.5 Å². The minimum Gasteiger partial charge on any atom is -0.497 e. The number of anilines is 2. The number of nitrogens with zero attached hydrogens (tertiary/aromatic N) is 3. The molecule has 41 heavy (non-hydrogen) atoms. The number of ether oxygens (including phenoxy) is 2. The fraction of sp³-hybridized carbons (Fsp3) is 0.333. The first-order valence-corrected chi connectivity index (χ1v) is 14.2. The van der Waals surface area contributed by atoms with Gasteiger partial charge in [0.2, 0.25) is 5.95 Å². The summed E-state index contributed by atoms with van der Waals surface area (Å²) >= 11 is 0. The number of amides is 1. The lowest BCUT2D eigenvalue weighted by atomic mass is 10.0. The third-order valence-corrected chi connectivity index (χ3v) is 7.69. The van der Waals surface area contributed by atoms with Crippen LogP contribution in [-0.4, -0.2) is 69.8 Å². The molecule has 0 bridgehead atoms. The number of hydrogen-bond acceptors (Lipinski definition) is 12. The van der Waals surface area contributed by atoms with Gasteiger partial charge in [0.15, 0.2) is 0 Å². The predicted molar refractivity (Wildman–Crippen MR) is 150 cm³/mol. The highest BCUT2D eigenvalue weighted by atomic mass is 32.2. The lowest BCUT2D eigenvalue weighted by Gasteiger charge is -2.34. The summed E-state index contributed by atoms with van der Waals surface area (Å²) in [4.78, 5) is 35.4. The van der Waals surface area contributed by atoms with Gasteiger partial charge in [-0.15, -0.1) is 0 Å². The number of nitrogens with two attached hydrogens (primary N) is 1. The van der Waals surface area contributed by atoms with Crippen molar-refractivity contribution in [2.75, 3.05) is 37.5 Å². The first kappa shape index (κ1) is 29.6. The van der Waals surface area contributed by atoms with Crippen LogP contribution in [0.3, 0.4) is 0 Å². The Bertz CT molecular complexity index is 1450. The highest BCUT2D eigenvalue weighted by Crippen LogP contribution is 2.32. The quantitative estimate of drug-likeness (QED) is 0.221. The van der Waals surface area contributed by atoms with Crippen LogP contribution in [-0.2, 0) is 19.1 Å². The smallest absolute Gasteiger partial charge is 0.341 e. The van der Waals surface area contributed by atoms with E-state index in [0.29, 0.717) is 17.4 Å². The van der Waals surface area contributed by atoms with Gasteiger partial charge in [0.25, 0.3) is 5.91 Å². The molecule has 1 aliphatic heterocycles. The molecule has 1 fully saturated rings. The van der Waals surface area contributed by atoms with Crippen molar-refractivity contribution in [3.05, 3.63) is 66.5 Å². The molecule has 2 heterocycles. The standard InChI is InChI=1S/C27H32N6O7S/c1-38-20-5-7-21(8-6-20)41(36,37)40-25(34)17-24(28)32-26(35)18-4-9-22(23(16-18)39-2)33-14-10-19(11-15-33)31-27-29-12-3-13-30-27/h3-9,12-13,16,19,24H,10-11,14-15,17,28H2,1-2H3,(H,32,35)(H,29,30,31). The van der Waals surface area contributed by atoms with E-state index in [-0.39, 0.29) is 16.5 Å². The molecule has 1 aromatic heterocycles. The van der Waals surface area contributed by atoms with E-state index in [1.54, 1.807) is 36.7 Å². The van der Waals surface area contributed by atoms with Gasteiger partial charge in [-0.3, -0.25) is 9.59 Å². The lowest BCUT2D eigenvalue weighted by molar-refractivity contribution is -0.134. The molecular formula is C27H32N6O7S. The van der Waals surface area contributed by atoms with Crippen molar-refractivity contribution >= 4 is 33.6 Å². The molecule has 1 aliphatic rings. The number of benzene rings is 2. The largest absolute Gasteiger partial charge is 0.497 e. The van der Waals surface area contributed by atoms with Crippen LogP contribution in [0.4, 0.5) is 11.6 Å². The number of carbonyl (C=O) groups is 2. The second-order valence-electron chi connectivity index (χ2n) is 9.23. The van der Waals surface area contributed by atoms with Crippen molar-refractivity contribution in [1.82, 2.24) is 15.3 Å². The first-order chi connectivity index (χ1) is 19.7. The van der Waals surface area contributed by atoms with Crippen LogP contribution in [0.15, 0.2) is 65.8 Å². The van der Waals surface area contributed by atoms with Gasteiger partial charge in [-0.05, 0) is 61.4 Å². The van der Waals surface area contributed by atoms with E-state index in [1.807, 2.05) is 0 Å². The Morgan fingerprint density at radius 1 is 1.05 bits per heavy atom. The summed E-state index contributed by atoms with van der Waals surface area (Å²) in [6.45, 7) is 1.53. The molecule has 4 rings (SSSR count). The molecule has 13 nitrogen and oxygen atoms in total. The fourth-order valence-electron chi connectivity index (χ4n) is 4.33. The van der Waals surface area contributed by atoms with Crippen molar-refractivity contribution < 1.29 is 31.7 Å². The maximum atomic E-state index is 12.8. The molecule has 14 heteroatoms. The average Bonchev–Trinajstić information content (AvgIpc) is 2.97. The zero-order valence-electron chi connectivity index (χ0n) is 22.6. The summed E-state index contributed by atoms with van der Waals surface area (Å²) < 4.78 is 39.9. The minimum absolute atomic E-state index is 0.220. The van der Waals surface area contributed by atoms with Crippen LogP contribution < -0.4 is 30.7 Å². The Kier molecular flexibility index (Phi) is 9.57. The third kappa shape index (κ3) is 7.83. The zero-order valence-corrected chi connectivity index (χ0v) is 23.5. The molecule has 0 spiro atoms. The van der Waals surface area contributed by atoms with E-state index in [1.165, 1.54) is 38.5 Å². The highest BCUT2D eigenvalue weighted by Gasteiger charge is 2.25. The van der Waals surface area contributed by atoms with Crippen LogP contribution >= 0.6 is 0 Å². The van der Waals surface area contributed by atoms with E-state index < -0.39 is 34.6 Å². The summed E-state index contributed by atoms with van der Waals surface area (Å²) in [5.74, 6) is -0.114. The summed E-state index contributed by atoms with van der Waals surface area (Å²) in [5.41, 5.74) is 7.00. The van der Waals surface area contributed by atoms with Crippen molar-refractivity contribution in [3.8, 4) is 11.5 Å². The summed E-state index contributed by atoms with van der Waals surface area (Å²) in [5, 5.41) is 5.83. The third-order valence-electron chi connectivity index (χ3n) is 6.43. The number of aromatic nitrogens is 2. The van der Waals surface area contributed by atoms with E-state index in [0.717, 1.165) is 31.6 Å². The van der Waals surface area contributed by atoms with Crippen LogP contribution in [0.1, 0.15) is 29.6 Å². The van der Waals surface area contributed by atoms with Crippen LogP contribution in [0.25, 0.3) is 0 Å². The van der Waals surface area contributed by atoms with E-state index >= 15 is 0 Å². The zero-order chi connectivity index (χ0) is 29.4. The molecule has 3 aromatic rings. The summed E-state index contributed by atoms with van der Waals surface area (Å²) in [7, 11) is -1.40. The molecule has 1 atom stereocenters. The van der Waals surface area contributed by atoms with E-state index in [2.05, 4.69) is 29.7 Å². The number of rotatable bonds is 11. The maximum Gasteiger partial charge on any atom is 0.341 e.